The van der Waals surface area contributed by atoms with Crippen molar-refractivity contribution >= 4 is 5.91 Å². The Morgan fingerprint density at radius 3 is 2.44 bits per heavy atom. The van der Waals surface area contributed by atoms with Gasteiger partial charge in [0.15, 0.2) is 0 Å². The number of carbonyl (C=O) groups excluding carboxylic acids is 1. The minimum absolute atomic E-state index is 0.206. The van der Waals surface area contributed by atoms with Gasteiger partial charge >= 0.3 is 0 Å². The Labute approximate surface area is 111 Å². The number of nitrogens with one attached hydrogen (secondary N) is 1. The third-order valence-corrected chi connectivity index (χ3v) is 4.93. The van der Waals surface area contributed by atoms with Crippen molar-refractivity contribution in [2.45, 2.75) is 58.9 Å². The molecule has 1 heterocycles. The lowest BCUT2D eigenvalue weighted by atomic mass is 9.80. The Hall–Kier alpha value is -0.570. The fraction of sp³-hybridized carbons (Fsp3) is 0.933. The minimum Gasteiger partial charge on any atom is -0.340 e. The van der Waals surface area contributed by atoms with Crippen LogP contribution in [0.1, 0.15) is 52.9 Å². The van der Waals surface area contributed by atoms with E-state index in [4.69, 9.17) is 0 Å². The van der Waals surface area contributed by atoms with E-state index in [0.717, 1.165) is 38.9 Å². The molecule has 18 heavy (non-hydrogen) atoms. The molecule has 1 aliphatic carbocycles. The predicted octanol–water partition coefficient (Wildman–Crippen LogP) is 2.41. The second-order valence-corrected chi connectivity index (χ2v) is 6.54. The number of rotatable bonds is 3. The average Bonchev–Trinajstić information content (AvgIpc) is 2.71. The normalized spacial score (nSPS) is 28.3. The summed E-state index contributed by atoms with van der Waals surface area (Å²) in [5.74, 6) is 0.680. The molecule has 1 aliphatic heterocycles. The summed E-state index contributed by atoms with van der Waals surface area (Å²) in [7, 11) is 0. The van der Waals surface area contributed by atoms with Gasteiger partial charge in [-0.2, -0.15) is 0 Å². The molecule has 1 amide bonds. The van der Waals surface area contributed by atoms with E-state index in [1.165, 1.54) is 12.8 Å². The number of piperidine rings is 1. The molecule has 0 spiro atoms. The summed E-state index contributed by atoms with van der Waals surface area (Å²) in [6.45, 7) is 9.64. The maximum atomic E-state index is 12.8. The molecule has 0 aromatic carbocycles. The van der Waals surface area contributed by atoms with Crippen LogP contribution < -0.4 is 5.32 Å². The van der Waals surface area contributed by atoms with Crippen LogP contribution in [0.5, 0.6) is 0 Å². The summed E-state index contributed by atoms with van der Waals surface area (Å²) in [5, 5.41) is 3.38. The summed E-state index contributed by atoms with van der Waals surface area (Å²) in [5.41, 5.74) is 0.206. The molecule has 2 aliphatic rings. The van der Waals surface area contributed by atoms with Crippen molar-refractivity contribution in [2.24, 2.45) is 11.3 Å². The van der Waals surface area contributed by atoms with Gasteiger partial charge in [-0.3, -0.25) is 4.79 Å². The molecule has 0 aromatic heterocycles. The van der Waals surface area contributed by atoms with Gasteiger partial charge in [0, 0.05) is 18.5 Å². The largest absolute Gasteiger partial charge is 0.340 e. The van der Waals surface area contributed by atoms with E-state index in [9.17, 15) is 4.79 Å². The summed E-state index contributed by atoms with van der Waals surface area (Å²) in [6.07, 6.45) is 5.74. The van der Waals surface area contributed by atoms with Gasteiger partial charge in [-0.1, -0.05) is 20.3 Å². The molecule has 1 saturated heterocycles. The van der Waals surface area contributed by atoms with Crippen molar-refractivity contribution in [1.82, 2.24) is 10.2 Å². The molecule has 3 heteroatoms. The van der Waals surface area contributed by atoms with Crippen LogP contribution >= 0.6 is 0 Å². The van der Waals surface area contributed by atoms with Crippen molar-refractivity contribution < 1.29 is 4.79 Å². The lowest BCUT2D eigenvalue weighted by Gasteiger charge is -2.38. The lowest BCUT2D eigenvalue weighted by Crippen LogP contribution is -2.49. The molecular weight excluding hydrogens is 224 g/mol. The van der Waals surface area contributed by atoms with E-state index in [0.29, 0.717) is 11.9 Å². The SMILES string of the molecule is CCN(C(=O)C1CCCC1(C)C)C1CCNCC1. The summed E-state index contributed by atoms with van der Waals surface area (Å²) < 4.78 is 0. The Balaban J connectivity index is 2.05. The van der Waals surface area contributed by atoms with E-state index in [-0.39, 0.29) is 11.3 Å². The fourth-order valence-corrected chi connectivity index (χ4v) is 3.70. The van der Waals surface area contributed by atoms with Gasteiger partial charge in [0.2, 0.25) is 5.91 Å². The first-order valence-corrected chi connectivity index (χ1v) is 7.57. The number of carbonyl (C=O) groups is 1. The smallest absolute Gasteiger partial charge is 0.226 e. The maximum Gasteiger partial charge on any atom is 0.226 e. The number of hydrogen-bond donors (Lipinski definition) is 1. The second-order valence-electron chi connectivity index (χ2n) is 6.54. The van der Waals surface area contributed by atoms with Gasteiger partial charge in [-0.25, -0.2) is 0 Å². The van der Waals surface area contributed by atoms with Crippen LogP contribution in [0, 0.1) is 11.3 Å². The van der Waals surface area contributed by atoms with Crippen LogP contribution in [0.4, 0.5) is 0 Å². The van der Waals surface area contributed by atoms with Gasteiger partial charge < -0.3 is 10.2 Å². The first kappa shape index (κ1) is 13.9. The maximum absolute atomic E-state index is 12.8. The first-order chi connectivity index (χ1) is 8.56. The van der Waals surface area contributed by atoms with Gasteiger partial charge in [0.05, 0.1) is 0 Å². The number of nitrogens with zero attached hydrogens (tertiary/aromatic N) is 1. The predicted molar refractivity (Wildman–Crippen MR) is 74.4 cm³/mol. The van der Waals surface area contributed by atoms with Crippen LogP contribution in [0.25, 0.3) is 0 Å². The highest BCUT2D eigenvalue weighted by Gasteiger charge is 2.42. The molecule has 1 unspecified atom stereocenters. The Morgan fingerprint density at radius 1 is 1.28 bits per heavy atom. The van der Waals surface area contributed by atoms with Crippen LogP contribution in [0.3, 0.4) is 0 Å². The lowest BCUT2D eigenvalue weighted by molar-refractivity contribution is -0.141. The van der Waals surface area contributed by atoms with Gasteiger partial charge in [0.25, 0.3) is 0 Å². The van der Waals surface area contributed by atoms with E-state index >= 15 is 0 Å². The third-order valence-electron chi connectivity index (χ3n) is 4.93. The van der Waals surface area contributed by atoms with Gasteiger partial charge in [-0.05, 0) is 51.1 Å². The highest BCUT2D eigenvalue weighted by atomic mass is 16.2. The first-order valence-electron chi connectivity index (χ1n) is 7.57. The molecule has 2 rings (SSSR count). The van der Waals surface area contributed by atoms with E-state index in [1.54, 1.807) is 0 Å². The van der Waals surface area contributed by atoms with Gasteiger partial charge in [-0.15, -0.1) is 0 Å². The van der Waals surface area contributed by atoms with E-state index in [2.05, 4.69) is 31.0 Å². The van der Waals surface area contributed by atoms with Crippen LogP contribution in [0.15, 0.2) is 0 Å². The molecule has 1 N–H and O–H groups in total. The van der Waals surface area contributed by atoms with E-state index < -0.39 is 0 Å². The Kier molecular flexibility index (Phi) is 4.31. The Bertz CT molecular complexity index is 295. The molecule has 0 bridgehead atoms. The standard InChI is InChI=1S/C15H28N2O/c1-4-17(12-7-10-16-11-8-12)14(18)13-6-5-9-15(13,2)3/h12-13,16H,4-11H2,1-3H3. The number of amides is 1. The van der Waals surface area contributed by atoms with Crippen LogP contribution in [-0.2, 0) is 4.79 Å². The zero-order valence-corrected chi connectivity index (χ0v) is 12.2. The van der Waals surface area contributed by atoms with Crippen molar-refractivity contribution in [3.63, 3.8) is 0 Å². The fourth-order valence-electron chi connectivity index (χ4n) is 3.70. The molecule has 0 radical (unpaired) electrons. The highest BCUT2D eigenvalue weighted by molar-refractivity contribution is 5.80. The molecule has 1 saturated carbocycles. The highest BCUT2D eigenvalue weighted by Crippen LogP contribution is 2.43. The topological polar surface area (TPSA) is 32.3 Å². The molecular formula is C15H28N2O. The Morgan fingerprint density at radius 2 is 1.94 bits per heavy atom. The summed E-state index contributed by atoms with van der Waals surface area (Å²) >= 11 is 0. The van der Waals surface area contributed by atoms with Crippen LogP contribution in [-0.4, -0.2) is 36.5 Å². The average molecular weight is 252 g/mol. The third kappa shape index (κ3) is 2.71. The second kappa shape index (κ2) is 5.60. The van der Waals surface area contributed by atoms with Crippen molar-refractivity contribution in [1.29, 1.82) is 0 Å². The quantitative estimate of drug-likeness (QED) is 0.836. The molecule has 0 aromatic rings. The molecule has 2 fully saturated rings. The van der Waals surface area contributed by atoms with E-state index in [1.807, 2.05) is 0 Å². The monoisotopic (exact) mass is 252 g/mol. The van der Waals surface area contributed by atoms with Crippen molar-refractivity contribution in [3.05, 3.63) is 0 Å². The van der Waals surface area contributed by atoms with Crippen LogP contribution in [0.2, 0.25) is 0 Å². The minimum atomic E-state index is 0.206. The number of hydrogen-bond acceptors (Lipinski definition) is 2. The van der Waals surface area contributed by atoms with Gasteiger partial charge in [0.1, 0.15) is 0 Å². The summed E-state index contributed by atoms with van der Waals surface area (Å²) in [4.78, 5) is 15.0. The summed E-state index contributed by atoms with van der Waals surface area (Å²) in [6, 6.07) is 0.472. The van der Waals surface area contributed by atoms with Crippen molar-refractivity contribution in [2.75, 3.05) is 19.6 Å². The van der Waals surface area contributed by atoms with Crippen molar-refractivity contribution in [3.8, 4) is 0 Å². The molecule has 3 nitrogen and oxygen atoms in total. The molecule has 1 atom stereocenters. The zero-order chi connectivity index (χ0) is 13.2. The molecule has 104 valence electrons. The zero-order valence-electron chi connectivity index (χ0n) is 12.2.